The van der Waals surface area contributed by atoms with Crippen LogP contribution in [-0.4, -0.2) is 20.8 Å². The molecule has 0 radical (unpaired) electrons. The van der Waals surface area contributed by atoms with Crippen LogP contribution in [0.3, 0.4) is 0 Å². The van der Waals surface area contributed by atoms with Crippen molar-refractivity contribution in [3.05, 3.63) is 94.8 Å². The number of anilines is 2. The second-order valence-corrected chi connectivity index (χ2v) is 8.99. The van der Waals surface area contributed by atoms with Gasteiger partial charge in [-0.25, -0.2) is 12.8 Å². The molecular weight excluding hydrogens is 417 g/mol. The number of carbonyl (C=O) groups is 1. The van der Waals surface area contributed by atoms with Crippen LogP contribution in [-0.2, 0) is 9.84 Å². The molecule has 0 fully saturated rings. The molecule has 4 rings (SSSR count). The molecule has 31 heavy (non-hydrogen) atoms. The van der Waals surface area contributed by atoms with Crippen molar-refractivity contribution in [3.8, 4) is 5.75 Å². The normalized spacial score (nSPS) is 14.5. The lowest BCUT2D eigenvalue weighted by Gasteiger charge is -2.29. The highest BCUT2D eigenvalue weighted by molar-refractivity contribution is 7.96. The minimum absolute atomic E-state index is 0.124. The van der Waals surface area contributed by atoms with Gasteiger partial charge in [-0.2, -0.15) is 0 Å². The van der Waals surface area contributed by atoms with E-state index in [1.54, 1.807) is 48.5 Å². The van der Waals surface area contributed by atoms with Crippen molar-refractivity contribution >= 4 is 27.0 Å². The standard InChI is InChI=1S/C24H20FNO4S/c1-3-30-20-11-9-19(10-12-20)26-15-23(24(27)17-6-4-16(2)5-7-17)31(28,29)22-13-8-18(25)14-21(22)26/h4-15H,3H2,1-2H3. The van der Waals surface area contributed by atoms with E-state index in [1.165, 1.54) is 17.2 Å². The van der Waals surface area contributed by atoms with Crippen molar-refractivity contribution in [3.63, 3.8) is 0 Å². The van der Waals surface area contributed by atoms with E-state index in [-0.39, 0.29) is 21.1 Å². The lowest BCUT2D eigenvalue weighted by molar-refractivity contribution is 0.104. The summed E-state index contributed by atoms with van der Waals surface area (Å²) < 4.78 is 46.0. The summed E-state index contributed by atoms with van der Waals surface area (Å²) in [4.78, 5) is 14.2. The molecule has 0 bridgehead atoms. The summed E-state index contributed by atoms with van der Waals surface area (Å²) in [5.74, 6) is -0.548. The third-order valence-electron chi connectivity index (χ3n) is 4.97. The fraction of sp³-hybridized carbons (Fsp3) is 0.125. The number of ether oxygens (including phenoxy) is 1. The average Bonchev–Trinajstić information content (AvgIpc) is 2.75. The lowest BCUT2D eigenvalue weighted by Crippen LogP contribution is -2.26. The molecular formula is C24H20FNO4S. The largest absolute Gasteiger partial charge is 0.494 e. The Morgan fingerprint density at radius 3 is 2.32 bits per heavy atom. The minimum atomic E-state index is -4.14. The van der Waals surface area contributed by atoms with Gasteiger partial charge in [0.2, 0.25) is 15.6 Å². The Morgan fingerprint density at radius 2 is 1.68 bits per heavy atom. The fourth-order valence-electron chi connectivity index (χ4n) is 3.39. The smallest absolute Gasteiger partial charge is 0.214 e. The molecule has 0 aromatic heterocycles. The van der Waals surface area contributed by atoms with E-state index in [0.717, 1.165) is 17.7 Å². The third kappa shape index (κ3) is 3.84. The van der Waals surface area contributed by atoms with Crippen molar-refractivity contribution < 1.29 is 22.3 Å². The molecule has 0 saturated carbocycles. The number of aryl methyl sites for hydroxylation is 1. The quantitative estimate of drug-likeness (QED) is 0.406. The molecule has 0 aliphatic carbocycles. The molecule has 0 amide bonds. The van der Waals surface area contributed by atoms with Gasteiger partial charge in [-0.15, -0.1) is 0 Å². The predicted molar refractivity (Wildman–Crippen MR) is 117 cm³/mol. The average molecular weight is 437 g/mol. The van der Waals surface area contributed by atoms with E-state index in [0.29, 0.717) is 18.0 Å². The van der Waals surface area contributed by atoms with Crippen LogP contribution in [0.25, 0.3) is 0 Å². The summed E-state index contributed by atoms with van der Waals surface area (Å²) in [6, 6.07) is 17.0. The Kier molecular flexibility index (Phi) is 5.37. The molecule has 5 nitrogen and oxygen atoms in total. The maximum Gasteiger partial charge on any atom is 0.214 e. The second-order valence-electron chi connectivity index (χ2n) is 7.10. The first-order valence-electron chi connectivity index (χ1n) is 9.71. The number of nitrogens with zero attached hydrogens (tertiary/aromatic N) is 1. The van der Waals surface area contributed by atoms with Gasteiger partial charge >= 0.3 is 0 Å². The number of halogens is 1. The first kappa shape index (κ1) is 20.8. The summed E-state index contributed by atoms with van der Waals surface area (Å²) >= 11 is 0. The van der Waals surface area contributed by atoms with E-state index in [9.17, 15) is 17.6 Å². The van der Waals surface area contributed by atoms with Gasteiger partial charge < -0.3 is 9.64 Å². The molecule has 3 aromatic carbocycles. The molecule has 0 N–H and O–H groups in total. The van der Waals surface area contributed by atoms with Gasteiger partial charge in [0, 0.05) is 17.5 Å². The van der Waals surface area contributed by atoms with E-state index in [1.807, 2.05) is 13.8 Å². The Hall–Kier alpha value is -3.45. The van der Waals surface area contributed by atoms with Crippen LogP contribution in [0.1, 0.15) is 22.8 Å². The number of fused-ring (bicyclic) bond motifs is 1. The van der Waals surface area contributed by atoms with E-state index in [4.69, 9.17) is 4.74 Å². The monoisotopic (exact) mass is 437 g/mol. The van der Waals surface area contributed by atoms with Crippen molar-refractivity contribution in [1.82, 2.24) is 0 Å². The fourth-order valence-corrected chi connectivity index (χ4v) is 4.91. The van der Waals surface area contributed by atoms with Crippen molar-refractivity contribution in [2.75, 3.05) is 11.5 Å². The van der Waals surface area contributed by atoms with Crippen molar-refractivity contribution in [1.29, 1.82) is 0 Å². The first-order chi connectivity index (χ1) is 14.8. The van der Waals surface area contributed by atoms with Gasteiger partial charge in [0.05, 0.1) is 17.2 Å². The molecule has 1 heterocycles. The van der Waals surface area contributed by atoms with Gasteiger partial charge in [-0.05, 0) is 56.3 Å². The van der Waals surface area contributed by atoms with Crippen LogP contribution < -0.4 is 9.64 Å². The highest BCUT2D eigenvalue weighted by Crippen LogP contribution is 2.41. The van der Waals surface area contributed by atoms with Gasteiger partial charge in [-0.1, -0.05) is 29.8 Å². The van der Waals surface area contributed by atoms with Crippen LogP contribution in [0.15, 0.2) is 82.7 Å². The van der Waals surface area contributed by atoms with Crippen LogP contribution in [0.4, 0.5) is 15.8 Å². The number of hydrogen-bond donors (Lipinski definition) is 0. The molecule has 158 valence electrons. The zero-order valence-corrected chi connectivity index (χ0v) is 17.8. The number of carbonyl (C=O) groups excluding carboxylic acids is 1. The maximum absolute atomic E-state index is 14.0. The zero-order valence-electron chi connectivity index (χ0n) is 17.0. The zero-order chi connectivity index (χ0) is 22.2. The van der Waals surface area contributed by atoms with E-state index in [2.05, 4.69) is 0 Å². The number of benzene rings is 3. The Labute approximate surface area is 180 Å². The first-order valence-corrected chi connectivity index (χ1v) is 11.2. The van der Waals surface area contributed by atoms with Gasteiger partial charge in [0.15, 0.2) is 0 Å². The highest BCUT2D eigenvalue weighted by Gasteiger charge is 2.36. The maximum atomic E-state index is 14.0. The Bertz CT molecular complexity index is 1280. The van der Waals surface area contributed by atoms with Crippen LogP contribution in [0, 0.1) is 12.7 Å². The van der Waals surface area contributed by atoms with Gasteiger partial charge in [0.1, 0.15) is 16.5 Å². The predicted octanol–water partition coefficient (Wildman–Crippen LogP) is 5.18. The minimum Gasteiger partial charge on any atom is -0.494 e. The Morgan fingerprint density at radius 1 is 1.00 bits per heavy atom. The number of sulfone groups is 1. The number of ketones is 1. The summed E-state index contributed by atoms with van der Waals surface area (Å²) in [7, 11) is -4.14. The molecule has 0 atom stereocenters. The van der Waals surface area contributed by atoms with Crippen molar-refractivity contribution in [2.24, 2.45) is 0 Å². The molecule has 1 aliphatic rings. The molecule has 7 heteroatoms. The van der Waals surface area contributed by atoms with E-state index < -0.39 is 21.4 Å². The van der Waals surface area contributed by atoms with Crippen molar-refractivity contribution in [2.45, 2.75) is 18.7 Å². The molecule has 0 saturated heterocycles. The van der Waals surface area contributed by atoms with Gasteiger partial charge in [-0.3, -0.25) is 4.79 Å². The topological polar surface area (TPSA) is 63.7 Å². The summed E-state index contributed by atoms with van der Waals surface area (Å²) in [6.07, 6.45) is 1.26. The number of allylic oxidation sites excluding steroid dienone is 1. The number of hydrogen-bond acceptors (Lipinski definition) is 5. The number of rotatable bonds is 5. The van der Waals surface area contributed by atoms with Crippen LogP contribution in [0.2, 0.25) is 0 Å². The molecule has 0 unspecified atom stereocenters. The summed E-state index contributed by atoms with van der Waals surface area (Å²) in [5, 5.41) is 0. The molecule has 1 aliphatic heterocycles. The third-order valence-corrected chi connectivity index (χ3v) is 6.76. The van der Waals surface area contributed by atoms with Gasteiger partial charge in [0.25, 0.3) is 0 Å². The summed E-state index contributed by atoms with van der Waals surface area (Å²) in [6.45, 7) is 4.25. The highest BCUT2D eigenvalue weighted by atomic mass is 32.2. The second kappa shape index (κ2) is 8.00. The number of Topliss-reactive ketones (excluding diaryl/α,β-unsaturated/α-hetero) is 1. The Balaban J connectivity index is 1.87. The van der Waals surface area contributed by atoms with Crippen LogP contribution in [0.5, 0.6) is 5.75 Å². The summed E-state index contributed by atoms with van der Waals surface area (Å²) in [5.41, 5.74) is 1.93. The molecule has 3 aromatic rings. The van der Waals surface area contributed by atoms with E-state index >= 15 is 0 Å². The van der Waals surface area contributed by atoms with Crippen LogP contribution >= 0.6 is 0 Å². The molecule has 0 spiro atoms. The SMILES string of the molecule is CCOc1ccc(N2C=C(C(=O)c3ccc(C)cc3)S(=O)(=O)c3ccc(F)cc32)cc1. The lowest BCUT2D eigenvalue weighted by atomic mass is 10.1.